The third-order valence-corrected chi connectivity index (χ3v) is 9.35. The molecule has 7 atom stereocenters. The Morgan fingerprint density at radius 2 is 1.90 bits per heavy atom. The molecule has 2 heteroatoms. The first-order valence-electron chi connectivity index (χ1n) is 8.99. The van der Waals surface area contributed by atoms with Gasteiger partial charge in [0.05, 0.1) is 6.10 Å². The summed E-state index contributed by atoms with van der Waals surface area (Å²) in [4.78, 5) is 0. The molecular formula is C19H29BrO. The minimum absolute atomic E-state index is 0.0178. The molecule has 4 rings (SSSR count). The van der Waals surface area contributed by atoms with E-state index < -0.39 is 0 Å². The van der Waals surface area contributed by atoms with Crippen LogP contribution in [0, 0.1) is 34.5 Å². The molecule has 0 saturated heterocycles. The molecule has 0 bridgehead atoms. The molecule has 21 heavy (non-hydrogen) atoms. The highest BCUT2D eigenvalue weighted by molar-refractivity contribution is 9.11. The summed E-state index contributed by atoms with van der Waals surface area (Å²) in [5.74, 6) is 3.49. The van der Waals surface area contributed by atoms with Gasteiger partial charge in [0.15, 0.2) is 0 Å². The average Bonchev–Trinajstić information content (AvgIpc) is 2.76. The maximum absolute atomic E-state index is 10.1. The zero-order chi connectivity index (χ0) is 14.8. The van der Waals surface area contributed by atoms with Gasteiger partial charge in [-0.25, -0.2) is 0 Å². The highest BCUT2D eigenvalue weighted by Crippen LogP contribution is 2.66. The average molecular weight is 353 g/mol. The third-order valence-electron chi connectivity index (χ3n) is 8.12. The Bertz CT molecular complexity index is 472. The van der Waals surface area contributed by atoms with Crippen LogP contribution >= 0.6 is 15.9 Å². The van der Waals surface area contributed by atoms with E-state index in [0.29, 0.717) is 10.8 Å². The van der Waals surface area contributed by atoms with E-state index in [-0.39, 0.29) is 6.10 Å². The first-order valence-corrected chi connectivity index (χ1v) is 9.78. The number of aliphatic hydroxyl groups excluding tert-OH is 1. The first kappa shape index (κ1) is 14.8. The molecule has 0 aliphatic heterocycles. The Labute approximate surface area is 137 Å². The van der Waals surface area contributed by atoms with Crippen molar-refractivity contribution in [1.82, 2.24) is 0 Å². The highest BCUT2D eigenvalue weighted by atomic mass is 79.9. The van der Waals surface area contributed by atoms with Crippen LogP contribution < -0.4 is 0 Å². The molecule has 0 spiro atoms. The Kier molecular flexibility index (Phi) is 3.40. The number of allylic oxidation sites excluding steroid dienone is 2. The van der Waals surface area contributed by atoms with Crippen molar-refractivity contribution < 1.29 is 5.11 Å². The quantitative estimate of drug-likeness (QED) is 0.628. The van der Waals surface area contributed by atoms with Crippen LogP contribution in [0.5, 0.6) is 0 Å². The van der Waals surface area contributed by atoms with E-state index in [2.05, 4.69) is 35.9 Å². The lowest BCUT2D eigenvalue weighted by Gasteiger charge is -2.60. The van der Waals surface area contributed by atoms with Gasteiger partial charge in [0, 0.05) is 5.41 Å². The molecule has 4 aliphatic rings. The van der Waals surface area contributed by atoms with Crippen LogP contribution in [0.25, 0.3) is 0 Å². The smallest absolute Gasteiger partial charge is 0.0543 e. The van der Waals surface area contributed by atoms with Crippen molar-refractivity contribution in [2.75, 3.05) is 0 Å². The van der Waals surface area contributed by atoms with Crippen LogP contribution in [0.3, 0.4) is 0 Å². The van der Waals surface area contributed by atoms with Gasteiger partial charge >= 0.3 is 0 Å². The summed E-state index contributed by atoms with van der Waals surface area (Å²) < 4.78 is 1.49. The molecule has 4 aliphatic carbocycles. The molecule has 3 fully saturated rings. The lowest BCUT2D eigenvalue weighted by molar-refractivity contribution is -0.116. The molecule has 1 nitrogen and oxygen atoms in total. The standard InChI is InChI=1S/C19H29BrO/c1-18-9-7-13(21)11-12(18)3-4-14-15-5-6-17(20)19(15,2)10-8-16(14)18/h6,12-16,21H,3-5,7-11H2,1-2H3/t12-,13-,14-,15-,16-,18-,19-/m0/s1. The molecule has 0 aromatic heterocycles. The Balaban J connectivity index is 1.63. The summed E-state index contributed by atoms with van der Waals surface area (Å²) in [6.45, 7) is 5.07. The Hall–Kier alpha value is 0.180. The van der Waals surface area contributed by atoms with E-state index in [1.807, 2.05) is 0 Å². The van der Waals surface area contributed by atoms with Crippen LogP contribution in [0.1, 0.15) is 65.2 Å². The van der Waals surface area contributed by atoms with Crippen molar-refractivity contribution in [2.24, 2.45) is 34.5 Å². The van der Waals surface area contributed by atoms with Crippen molar-refractivity contribution in [3.63, 3.8) is 0 Å². The molecule has 0 heterocycles. The van der Waals surface area contributed by atoms with Gasteiger partial charge < -0.3 is 5.11 Å². The maximum Gasteiger partial charge on any atom is 0.0543 e. The molecule has 0 unspecified atom stereocenters. The van der Waals surface area contributed by atoms with Gasteiger partial charge in [0.2, 0.25) is 0 Å². The second kappa shape index (κ2) is 4.84. The van der Waals surface area contributed by atoms with E-state index in [4.69, 9.17) is 0 Å². The minimum atomic E-state index is -0.0178. The van der Waals surface area contributed by atoms with E-state index in [1.54, 1.807) is 0 Å². The fraction of sp³-hybridized carbons (Fsp3) is 0.895. The molecule has 0 radical (unpaired) electrons. The van der Waals surface area contributed by atoms with Crippen molar-refractivity contribution in [1.29, 1.82) is 0 Å². The van der Waals surface area contributed by atoms with Crippen LogP contribution in [0.15, 0.2) is 10.6 Å². The fourth-order valence-corrected chi connectivity index (χ4v) is 7.43. The van der Waals surface area contributed by atoms with E-state index in [9.17, 15) is 5.11 Å². The van der Waals surface area contributed by atoms with Crippen LogP contribution in [-0.4, -0.2) is 11.2 Å². The van der Waals surface area contributed by atoms with Gasteiger partial charge in [-0.1, -0.05) is 35.9 Å². The number of hydrogen-bond donors (Lipinski definition) is 1. The predicted molar refractivity (Wildman–Crippen MR) is 90.1 cm³/mol. The van der Waals surface area contributed by atoms with Crippen LogP contribution in [0.2, 0.25) is 0 Å². The normalized spacial score (nSPS) is 56.2. The summed E-state index contributed by atoms with van der Waals surface area (Å²) in [7, 11) is 0. The molecule has 0 aromatic carbocycles. The lowest BCUT2D eigenvalue weighted by Crippen LogP contribution is -2.53. The molecule has 1 N–H and O–H groups in total. The van der Waals surface area contributed by atoms with E-state index in [1.165, 1.54) is 43.0 Å². The van der Waals surface area contributed by atoms with Crippen molar-refractivity contribution in [3.8, 4) is 0 Å². The summed E-state index contributed by atoms with van der Waals surface area (Å²) >= 11 is 3.87. The highest BCUT2D eigenvalue weighted by Gasteiger charge is 2.58. The van der Waals surface area contributed by atoms with E-state index >= 15 is 0 Å². The molecule has 0 aromatic rings. The second-order valence-corrected chi connectivity index (χ2v) is 9.68. The van der Waals surface area contributed by atoms with Gasteiger partial charge in [-0.3, -0.25) is 0 Å². The minimum Gasteiger partial charge on any atom is -0.393 e. The van der Waals surface area contributed by atoms with Gasteiger partial charge in [0.25, 0.3) is 0 Å². The zero-order valence-corrected chi connectivity index (χ0v) is 15.0. The topological polar surface area (TPSA) is 20.2 Å². The van der Waals surface area contributed by atoms with Crippen molar-refractivity contribution >= 4 is 15.9 Å². The predicted octanol–water partition coefficient (Wildman–Crippen LogP) is 5.28. The summed E-state index contributed by atoms with van der Waals surface area (Å²) in [5, 5.41) is 10.1. The van der Waals surface area contributed by atoms with Crippen molar-refractivity contribution in [2.45, 2.75) is 71.3 Å². The van der Waals surface area contributed by atoms with Gasteiger partial charge in [0.1, 0.15) is 0 Å². The zero-order valence-electron chi connectivity index (χ0n) is 13.4. The number of halogens is 1. The number of fused-ring (bicyclic) bond motifs is 5. The number of hydrogen-bond acceptors (Lipinski definition) is 1. The van der Waals surface area contributed by atoms with E-state index in [0.717, 1.165) is 36.5 Å². The first-order chi connectivity index (χ1) is 9.95. The Morgan fingerprint density at radius 3 is 2.71 bits per heavy atom. The van der Waals surface area contributed by atoms with Gasteiger partial charge in [-0.15, -0.1) is 0 Å². The lowest BCUT2D eigenvalue weighted by atomic mass is 9.45. The monoisotopic (exact) mass is 352 g/mol. The largest absolute Gasteiger partial charge is 0.393 e. The maximum atomic E-state index is 10.1. The fourth-order valence-electron chi connectivity index (χ4n) is 6.75. The third kappa shape index (κ3) is 1.97. The van der Waals surface area contributed by atoms with Gasteiger partial charge in [-0.2, -0.15) is 0 Å². The molecule has 3 saturated carbocycles. The molecule has 118 valence electrons. The van der Waals surface area contributed by atoms with Crippen molar-refractivity contribution in [3.05, 3.63) is 10.6 Å². The molecular weight excluding hydrogens is 324 g/mol. The van der Waals surface area contributed by atoms with Gasteiger partial charge in [-0.05, 0) is 84.9 Å². The summed E-state index contributed by atoms with van der Waals surface area (Å²) in [6.07, 6.45) is 12.7. The molecule has 0 amide bonds. The van der Waals surface area contributed by atoms with Crippen LogP contribution in [0.4, 0.5) is 0 Å². The number of rotatable bonds is 0. The summed E-state index contributed by atoms with van der Waals surface area (Å²) in [5.41, 5.74) is 0.942. The Morgan fingerprint density at radius 1 is 1.10 bits per heavy atom. The summed E-state index contributed by atoms with van der Waals surface area (Å²) in [6, 6.07) is 0. The number of aliphatic hydroxyl groups is 1. The second-order valence-electron chi connectivity index (χ2n) is 8.83. The van der Waals surface area contributed by atoms with Crippen LogP contribution in [-0.2, 0) is 0 Å². The SMILES string of the molecule is C[C@]12CC[C@H](O)C[C@@H]1CC[C@@H]1[C@@H]2CC[C@]2(C)C(Br)=CC[C@@H]12.